The monoisotopic (exact) mass is 219 g/mol. The van der Waals surface area contributed by atoms with E-state index in [0.29, 0.717) is 12.4 Å². The highest BCUT2D eigenvalue weighted by molar-refractivity contribution is 5.74. The third kappa shape index (κ3) is 3.42. The van der Waals surface area contributed by atoms with Crippen molar-refractivity contribution >= 4 is 12.4 Å². The summed E-state index contributed by atoms with van der Waals surface area (Å²) < 4.78 is 10.7. The molecule has 3 heteroatoms. The normalized spacial score (nSPS) is 10.4. The van der Waals surface area contributed by atoms with Crippen molar-refractivity contribution in [2.75, 3.05) is 13.7 Å². The first-order valence-electron chi connectivity index (χ1n) is 5.17. The molecule has 0 aromatic heterocycles. The summed E-state index contributed by atoms with van der Waals surface area (Å²) in [6.07, 6.45) is 5.64. The molecule has 0 N–H and O–H groups in total. The fourth-order valence-electron chi connectivity index (χ4n) is 1.25. The van der Waals surface area contributed by atoms with E-state index in [4.69, 9.17) is 9.47 Å². The van der Waals surface area contributed by atoms with Crippen molar-refractivity contribution in [2.24, 2.45) is 0 Å². The molecule has 0 unspecified atom stereocenters. The van der Waals surface area contributed by atoms with Crippen molar-refractivity contribution in [2.45, 2.75) is 13.3 Å². The van der Waals surface area contributed by atoms with Crippen LogP contribution in [0.4, 0.5) is 0 Å². The van der Waals surface area contributed by atoms with E-state index in [-0.39, 0.29) is 0 Å². The van der Waals surface area contributed by atoms with Gasteiger partial charge in [0.25, 0.3) is 0 Å². The van der Waals surface area contributed by atoms with Gasteiger partial charge in [0, 0.05) is 0 Å². The summed E-state index contributed by atoms with van der Waals surface area (Å²) in [6.45, 7) is 2.71. The van der Waals surface area contributed by atoms with E-state index in [1.54, 1.807) is 19.5 Å². The zero-order chi connectivity index (χ0) is 11.8. The maximum atomic E-state index is 10.1. The fourth-order valence-corrected chi connectivity index (χ4v) is 1.25. The maximum absolute atomic E-state index is 10.1. The molecule has 1 aromatic carbocycles. The van der Waals surface area contributed by atoms with E-state index in [1.807, 2.05) is 25.1 Å². The Balaban J connectivity index is 2.87. The SMILES string of the molecule is CCCOc1ccc(C=C[C]=O)cc1OC. The van der Waals surface area contributed by atoms with Gasteiger partial charge in [-0.3, -0.25) is 4.79 Å². The average Bonchev–Trinajstić information content (AvgIpc) is 2.34. The molecule has 1 radical (unpaired) electrons. The lowest BCUT2D eigenvalue weighted by Gasteiger charge is -2.10. The first-order valence-corrected chi connectivity index (χ1v) is 5.17. The summed E-state index contributed by atoms with van der Waals surface area (Å²) in [5, 5.41) is 0. The Morgan fingerprint density at radius 1 is 1.38 bits per heavy atom. The standard InChI is InChI=1S/C13H15O3/c1-3-9-16-12-7-6-11(5-4-8-14)10-13(12)15-2/h4-7,10H,3,9H2,1-2H3. The van der Waals surface area contributed by atoms with E-state index in [9.17, 15) is 4.79 Å². The zero-order valence-corrected chi connectivity index (χ0v) is 9.53. The number of carbonyl (C=O) groups excluding carboxylic acids is 1. The number of allylic oxidation sites excluding steroid dienone is 1. The minimum atomic E-state index is 0.660. The van der Waals surface area contributed by atoms with Crippen molar-refractivity contribution in [3.05, 3.63) is 29.8 Å². The van der Waals surface area contributed by atoms with Crippen molar-refractivity contribution in [3.8, 4) is 11.5 Å². The van der Waals surface area contributed by atoms with Crippen LogP contribution in [0.15, 0.2) is 24.3 Å². The molecule has 1 aromatic rings. The lowest BCUT2D eigenvalue weighted by molar-refractivity contribution is 0.294. The van der Waals surface area contributed by atoms with Crippen LogP contribution >= 0.6 is 0 Å². The molecule has 0 saturated heterocycles. The van der Waals surface area contributed by atoms with Gasteiger partial charge >= 0.3 is 0 Å². The van der Waals surface area contributed by atoms with Gasteiger partial charge in [-0.05, 0) is 30.2 Å². The van der Waals surface area contributed by atoms with Crippen LogP contribution in [0.2, 0.25) is 0 Å². The number of hydrogen-bond acceptors (Lipinski definition) is 3. The summed E-state index contributed by atoms with van der Waals surface area (Å²) in [5.74, 6) is 1.39. The van der Waals surface area contributed by atoms with Crippen LogP contribution in [0.3, 0.4) is 0 Å². The average molecular weight is 219 g/mol. The van der Waals surface area contributed by atoms with Crippen LogP contribution in [0, 0.1) is 0 Å². The number of benzene rings is 1. The molecule has 0 spiro atoms. The summed E-state index contributed by atoms with van der Waals surface area (Å²) in [6, 6.07) is 5.51. The van der Waals surface area contributed by atoms with Gasteiger partial charge in [-0.1, -0.05) is 19.1 Å². The highest BCUT2D eigenvalue weighted by atomic mass is 16.5. The number of hydrogen-bond donors (Lipinski definition) is 0. The van der Waals surface area contributed by atoms with Crippen LogP contribution < -0.4 is 9.47 Å². The Morgan fingerprint density at radius 3 is 2.81 bits per heavy atom. The van der Waals surface area contributed by atoms with Crippen molar-refractivity contribution < 1.29 is 14.3 Å². The van der Waals surface area contributed by atoms with Gasteiger partial charge in [-0.2, -0.15) is 0 Å². The Labute approximate surface area is 95.7 Å². The first-order chi connectivity index (χ1) is 7.81. The molecule has 0 aliphatic carbocycles. The second-order valence-electron chi connectivity index (χ2n) is 3.21. The topological polar surface area (TPSA) is 35.5 Å². The maximum Gasteiger partial charge on any atom is 0.225 e. The van der Waals surface area contributed by atoms with E-state index in [1.165, 1.54) is 6.08 Å². The molecular weight excluding hydrogens is 204 g/mol. The number of methoxy groups -OCH3 is 1. The Kier molecular flexibility index (Phi) is 5.12. The van der Waals surface area contributed by atoms with Crippen molar-refractivity contribution in [1.82, 2.24) is 0 Å². The van der Waals surface area contributed by atoms with Crippen LogP contribution in [0.25, 0.3) is 6.08 Å². The Hall–Kier alpha value is -1.77. The minimum absolute atomic E-state index is 0.660. The molecule has 16 heavy (non-hydrogen) atoms. The highest BCUT2D eigenvalue weighted by Crippen LogP contribution is 2.28. The molecule has 0 amide bonds. The second kappa shape index (κ2) is 6.67. The van der Waals surface area contributed by atoms with E-state index < -0.39 is 0 Å². The lowest BCUT2D eigenvalue weighted by Crippen LogP contribution is -1.97. The van der Waals surface area contributed by atoms with Gasteiger partial charge < -0.3 is 9.47 Å². The molecule has 0 aliphatic rings. The lowest BCUT2D eigenvalue weighted by atomic mass is 10.2. The zero-order valence-electron chi connectivity index (χ0n) is 9.53. The quantitative estimate of drug-likeness (QED) is 0.690. The molecule has 0 bridgehead atoms. The fraction of sp³-hybridized carbons (Fsp3) is 0.308. The highest BCUT2D eigenvalue weighted by Gasteiger charge is 2.03. The molecule has 0 atom stereocenters. The smallest absolute Gasteiger partial charge is 0.225 e. The van der Waals surface area contributed by atoms with E-state index in [0.717, 1.165) is 17.7 Å². The van der Waals surface area contributed by atoms with Gasteiger partial charge in [-0.25, -0.2) is 0 Å². The van der Waals surface area contributed by atoms with Gasteiger partial charge in [0.05, 0.1) is 13.7 Å². The summed E-state index contributed by atoms with van der Waals surface area (Å²) >= 11 is 0. The minimum Gasteiger partial charge on any atom is -0.493 e. The predicted molar refractivity (Wildman–Crippen MR) is 63.5 cm³/mol. The van der Waals surface area contributed by atoms with Gasteiger partial charge in [0.1, 0.15) is 0 Å². The number of ether oxygens (including phenoxy) is 2. The third-order valence-corrected chi connectivity index (χ3v) is 1.99. The summed E-state index contributed by atoms with van der Waals surface area (Å²) in [7, 11) is 1.59. The predicted octanol–water partition coefficient (Wildman–Crippen LogP) is 2.61. The third-order valence-electron chi connectivity index (χ3n) is 1.99. The molecule has 3 nitrogen and oxygen atoms in total. The summed E-state index contributed by atoms with van der Waals surface area (Å²) in [4.78, 5) is 10.1. The molecule has 0 heterocycles. The first kappa shape index (κ1) is 12.3. The molecule has 85 valence electrons. The van der Waals surface area contributed by atoms with Gasteiger partial charge in [0.15, 0.2) is 11.5 Å². The number of rotatable bonds is 6. The largest absolute Gasteiger partial charge is 0.493 e. The van der Waals surface area contributed by atoms with Crippen molar-refractivity contribution in [3.63, 3.8) is 0 Å². The van der Waals surface area contributed by atoms with Gasteiger partial charge in [-0.15, -0.1) is 0 Å². The summed E-state index contributed by atoms with van der Waals surface area (Å²) in [5.41, 5.74) is 0.879. The molecule has 0 fully saturated rings. The Morgan fingerprint density at radius 2 is 2.19 bits per heavy atom. The van der Waals surface area contributed by atoms with Crippen LogP contribution in [0.1, 0.15) is 18.9 Å². The molecule has 1 rings (SSSR count). The van der Waals surface area contributed by atoms with Crippen LogP contribution in [-0.4, -0.2) is 20.0 Å². The van der Waals surface area contributed by atoms with Crippen LogP contribution in [0.5, 0.6) is 11.5 Å². The van der Waals surface area contributed by atoms with Crippen LogP contribution in [-0.2, 0) is 4.79 Å². The molecular formula is C13H15O3. The Bertz CT molecular complexity index is 369. The second-order valence-corrected chi connectivity index (χ2v) is 3.21. The van der Waals surface area contributed by atoms with E-state index in [2.05, 4.69) is 0 Å². The van der Waals surface area contributed by atoms with Crippen molar-refractivity contribution in [1.29, 1.82) is 0 Å². The molecule has 0 aliphatic heterocycles. The van der Waals surface area contributed by atoms with E-state index >= 15 is 0 Å². The van der Waals surface area contributed by atoms with Gasteiger partial charge in [0.2, 0.25) is 6.29 Å². The molecule has 0 saturated carbocycles.